The Labute approximate surface area is 70.5 Å². The average molecular weight is 186 g/mol. The van der Waals surface area contributed by atoms with Crippen molar-refractivity contribution < 1.29 is 19.6 Å². The van der Waals surface area contributed by atoms with Crippen molar-refractivity contribution in [3.05, 3.63) is 0 Å². The van der Waals surface area contributed by atoms with E-state index in [9.17, 15) is 0 Å². The molecular weight excluding hydrogens is 176 g/mol. The van der Waals surface area contributed by atoms with Gasteiger partial charge in [-0.1, -0.05) is 0 Å². The van der Waals surface area contributed by atoms with E-state index in [1.165, 1.54) is 7.11 Å². The molecule has 0 saturated heterocycles. The van der Waals surface area contributed by atoms with Crippen molar-refractivity contribution in [3.63, 3.8) is 0 Å². The highest BCUT2D eigenvalue weighted by Gasteiger charge is 2.02. The van der Waals surface area contributed by atoms with Crippen LogP contribution >= 0.6 is 25.3 Å². The lowest BCUT2D eigenvalue weighted by Gasteiger charge is -2.07. The molecule has 0 radical (unpaired) electrons. The Morgan fingerprint density at radius 1 is 1.40 bits per heavy atom. The molecule has 1 atom stereocenters. The summed E-state index contributed by atoms with van der Waals surface area (Å²) in [7, 11) is 1.39. The van der Waals surface area contributed by atoms with E-state index in [-0.39, 0.29) is 12.5 Å². The molecule has 0 aliphatic heterocycles. The summed E-state index contributed by atoms with van der Waals surface area (Å²) >= 11 is 7.64. The smallest absolute Gasteiger partial charge is 0.162 e. The van der Waals surface area contributed by atoms with E-state index < -0.39 is 5.44 Å². The molecule has 10 heavy (non-hydrogen) atoms. The van der Waals surface area contributed by atoms with E-state index in [0.29, 0.717) is 0 Å². The monoisotopic (exact) mass is 186 g/mol. The van der Waals surface area contributed by atoms with E-state index in [1.54, 1.807) is 0 Å². The Hall–Kier alpha value is 0.540. The van der Waals surface area contributed by atoms with Gasteiger partial charge in [-0.15, -0.1) is 25.3 Å². The van der Waals surface area contributed by atoms with Gasteiger partial charge in [-0.2, -0.15) is 0 Å². The van der Waals surface area contributed by atoms with Gasteiger partial charge in [0.2, 0.25) is 0 Å². The third-order valence-electron chi connectivity index (χ3n) is 0.554. The molecule has 0 aromatic heterocycles. The molecule has 0 aromatic carbocycles. The van der Waals surface area contributed by atoms with E-state index >= 15 is 0 Å². The number of hydrogen-bond acceptors (Lipinski definition) is 6. The molecule has 0 aliphatic rings. The van der Waals surface area contributed by atoms with Gasteiger partial charge in [-0.25, -0.2) is 19.6 Å². The first kappa shape index (κ1) is 10.5. The van der Waals surface area contributed by atoms with E-state index in [0.717, 1.165) is 0 Å². The molecule has 0 bridgehead atoms. The zero-order chi connectivity index (χ0) is 7.82. The SMILES string of the molecule is COOC(S)COOCS. The molecule has 0 saturated carbocycles. The van der Waals surface area contributed by atoms with Crippen molar-refractivity contribution in [2.45, 2.75) is 5.44 Å². The predicted molar refractivity (Wildman–Crippen MR) is 41.8 cm³/mol. The van der Waals surface area contributed by atoms with Crippen LogP contribution < -0.4 is 0 Å². The molecule has 4 nitrogen and oxygen atoms in total. The Bertz CT molecular complexity index is 72.3. The Balaban J connectivity index is 2.97. The highest BCUT2D eigenvalue weighted by molar-refractivity contribution is 7.80. The molecule has 0 rings (SSSR count). The zero-order valence-electron chi connectivity index (χ0n) is 5.52. The fraction of sp³-hybridized carbons (Fsp3) is 1.00. The molecule has 0 spiro atoms. The van der Waals surface area contributed by atoms with Crippen LogP contribution in [0.3, 0.4) is 0 Å². The average Bonchev–Trinajstić information content (AvgIpc) is 1.89. The molecule has 0 aromatic rings. The molecule has 0 aliphatic carbocycles. The van der Waals surface area contributed by atoms with Crippen LogP contribution in [0.15, 0.2) is 0 Å². The topological polar surface area (TPSA) is 36.9 Å². The molecule has 0 amide bonds. The van der Waals surface area contributed by atoms with Crippen molar-refractivity contribution in [1.82, 2.24) is 0 Å². The second kappa shape index (κ2) is 7.64. The number of thiol groups is 2. The van der Waals surface area contributed by atoms with Crippen molar-refractivity contribution >= 4 is 25.3 Å². The summed E-state index contributed by atoms with van der Waals surface area (Å²) < 4.78 is 0. The summed E-state index contributed by atoms with van der Waals surface area (Å²) in [5.74, 6) is 0.202. The zero-order valence-corrected chi connectivity index (χ0v) is 7.31. The maximum Gasteiger partial charge on any atom is 0.162 e. The van der Waals surface area contributed by atoms with Crippen LogP contribution in [0, 0.1) is 0 Å². The largest absolute Gasteiger partial charge is 0.239 e. The van der Waals surface area contributed by atoms with Gasteiger partial charge < -0.3 is 0 Å². The van der Waals surface area contributed by atoms with Crippen molar-refractivity contribution in [3.8, 4) is 0 Å². The van der Waals surface area contributed by atoms with Gasteiger partial charge in [0.25, 0.3) is 0 Å². The first-order valence-corrected chi connectivity index (χ1v) is 3.69. The maximum absolute atomic E-state index is 4.54. The summed E-state index contributed by atoms with van der Waals surface area (Å²) in [5, 5.41) is 0. The minimum atomic E-state index is -0.440. The quantitative estimate of drug-likeness (QED) is 0.210. The summed E-state index contributed by atoms with van der Waals surface area (Å²) in [5.41, 5.74) is -0.440. The molecule has 0 fully saturated rings. The summed E-state index contributed by atoms with van der Waals surface area (Å²) in [6, 6.07) is 0. The van der Waals surface area contributed by atoms with E-state index in [2.05, 4.69) is 44.8 Å². The number of rotatable bonds is 6. The predicted octanol–water partition coefficient (Wildman–Crippen LogP) is 0.656. The summed E-state index contributed by atoms with van der Waals surface area (Å²) in [6.07, 6.45) is 0. The Kier molecular flexibility index (Phi) is 8.06. The minimum Gasteiger partial charge on any atom is -0.239 e. The molecular formula is C4H10O4S2. The number of hydrogen-bond donors (Lipinski definition) is 2. The van der Waals surface area contributed by atoms with Gasteiger partial charge in [-0.05, 0) is 0 Å². The third kappa shape index (κ3) is 6.66. The molecule has 1 unspecified atom stereocenters. The van der Waals surface area contributed by atoms with Crippen LogP contribution in [0.25, 0.3) is 0 Å². The van der Waals surface area contributed by atoms with Gasteiger partial charge in [0.15, 0.2) is 5.44 Å². The van der Waals surface area contributed by atoms with Crippen LogP contribution in [-0.4, -0.2) is 25.1 Å². The fourth-order valence-electron chi connectivity index (χ4n) is 0.282. The van der Waals surface area contributed by atoms with Crippen LogP contribution in [0.5, 0.6) is 0 Å². The van der Waals surface area contributed by atoms with Crippen LogP contribution in [0.1, 0.15) is 0 Å². The Morgan fingerprint density at radius 2 is 2.10 bits per heavy atom. The second-order valence-corrected chi connectivity index (χ2v) is 2.08. The van der Waals surface area contributed by atoms with E-state index in [1.807, 2.05) is 0 Å². The second-order valence-electron chi connectivity index (χ2n) is 1.25. The normalized spacial score (nSPS) is 13.5. The van der Waals surface area contributed by atoms with Crippen LogP contribution in [-0.2, 0) is 19.6 Å². The molecule has 6 heteroatoms. The first-order valence-electron chi connectivity index (χ1n) is 2.54. The van der Waals surface area contributed by atoms with Gasteiger partial charge in [0, 0.05) is 0 Å². The van der Waals surface area contributed by atoms with Crippen molar-refractivity contribution in [2.75, 3.05) is 19.7 Å². The van der Waals surface area contributed by atoms with Crippen LogP contribution in [0.4, 0.5) is 0 Å². The van der Waals surface area contributed by atoms with Crippen LogP contribution in [0.2, 0.25) is 0 Å². The highest BCUT2D eigenvalue weighted by atomic mass is 32.1. The molecule has 0 heterocycles. The fourth-order valence-corrected chi connectivity index (χ4v) is 0.504. The van der Waals surface area contributed by atoms with Crippen molar-refractivity contribution in [1.29, 1.82) is 0 Å². The van der Waals surface area contributed by atoms with Gasteiger partial charge in [0.05, 0.1) is 7.11 Å². The maximum atomic E-state index is 4.54. The standard InChI is InChI=1S/C4H10O4S2/c1-5-8-4(10)2-6-7-3-9/h4,9-10H,2-3H2,1H3. The van der Waals surface area contributed by atoms with Gasteiger partial charge in [-0.3, -0.25) is 0 Å². The highest BCUT2D eigenvalue weighted by Crippen LogP contribution is 1.98. The lowest BCUT2D eigenvalue weighted by Crippen LogP contribution is -2.12. The lowest BCUT2D eigenvalue weighted by molar-refractivity contribution is -0.332. The molecule has 62 valence electrons. The van der Waals surface area contributed by atoms with E-state index in [4.69, 9.17) is 0 Å². The third-order valence-corrected chi connectivity index (χ3v) is 0.895. The minimum absolute atomic E-state index is 0.192. The Morgan fingerprint density at radius 3 is 2.60 bits per heavy atom. The van der Waals surface area contributed by atoms with Gasteiger partial charge >= 0.3 is 0 Å². The summed E-state index contributed by atoms with van der Waals surface area (Å²) in [6.45, 7) is 0.192. The molecule has 0 N–H and O–H groups in total. The van der Waals surface area contributed by atoms with Crippen molar-refractivity contribution in [2.24, 2.45) is 0 Å². The lowest BCUT2D eigenvalue weighted by atomic mass is 10.8. The van der Waals surface area contributed by atoms with Gasteiger partial charge in [0.1, 0.15) is 12.5 Å². The summed E-state index contributed by atoms with van der Waals surface area (Å²) in [4.78, 5) is 17.8. The first-order chi connectivity index (χ1) is 4.81.